The van der Waals surface area contributed by atoms with E-state index in [0.717, 1.165) is 12.4 Å². The molecule has 1 saturated heterocycles. The highest BCUT2D eigenvalue weighted by atomic mass is 35.5. The fourth-order valence-electron chi connectivity index (χ4n) is 1.39. The molecule has 1 atom stereocenters. The second-order valence-electron chi connectivity index (χ2n) is 2.62. The van der Waals surface area contributed by atoms with E-state index < -0.39 is 0 Å². The molecule has 2 rings (SSSR count). The quantitative estimate of drug-likeness (QED) is 0.672. The molecule has 0 aliphatic carbocycles. The van der Waals surface area contributed by atoms with Crippen LogP contribution in [0.3, 0.4) is 0 Å². The summed E-state index contributed by atoms with van der Waals surface area (Å²) in [5, 5.41) is 3.37. The van der Waals surface area contributed by atoms with Crippen LogP contribution in [0.5, 0.6) is 0 Å². The molecule has 1 aliphatic rings. The minimum absolute atomic E-state index is 0. The third kappa shape index (κ3) is 1.73. The Kier molecular flexibility index (Phi) is 2.91. The van der Waals surface area contributed by atoms with Crippen LogP contribution in [0, 0.1) is 0 Å². The van der Waals surface area contributed by atoms with Crippen molar-refractivity contribution in [2.45, 2.75) is 18.9 Å². The van der Waals surface area contributed by atoms with Gasteiger partial charge in [-0.2, -0.15) is 0 Å². The average Bonchev–Trinajstić information content (AvgIpc) is 2.59. The van der Waals surface area contributed by atoms with Gasteiger partial charge in [-0.1, -0.05) is 0 Å². The highest BCUT2D eigenvalue weighted by Crippen LogP contribution is 2.18. The number of H-pyrrole nitrogens is 1. The Labute approximate surface area is 72.0 Å². The number of aromatic nitrogens is 2. The van der Waals surface area contributed by atoms with Crippen LogP contribution in [0.15, 0.2) is 12.4 Å². The van der Waals surface area contributed by atoms with Crippen molar-refractivity contribution in [1.29, 1.82) is 0 Å². The summed E-state index contributed by atoms with van der Waals surface area (Å²) < 4.78 is 0. The fourth-order valence-corrected chi connectivity index (χ4v) is 1.39. The molecule has 1 fully saturated rings. The number of aromatic amines is 1. The van der Waals surface area contributed by atoms with Crippen molar-refractivity contribution in [2.75, 3.05) is 6.54 Å². The summed E-state index contributed by atoms with van der Waals surface area (Å²) in [7, 11) is 0. The van der Waals surface area contributed by atoms with Crippen molar-refractivity contribution in [3.63, 3.8) is 0 Å². The lowest BCUT2D eigenvalue weighted by atomic mass is 10.2. The van der Waals surface area contributed by atoms with Gasteiger partial charge in [-0.3, -0.25) is 0 Å². The first-order valence-corrected chi connectivity index (χ1v) is 3.69. The molecule has 2 heterocycles. The molecule has 11 heavy (non-hydrogen) atoms. The first-order chi connectivity index (χ1) is 4.97. The molecule has 0 spiro atoms. The van der Waals surface area contributed by atoms with Crippen LogP contribution >= 0.6 is 12.4 Å². The largest absolute Gasteiger partial charge is 0.347 e. The Bertz CT molecular complexity index is 191. The van der Waals surface area contributed by atoms with E-state index in [9.17, 15) is 0 Å². The standard InChI is InChI=1S/C7H11N3.ClH/c1-2-6(8-3-1)7-9-4-5-10-7;/h4-6,8H,1-3H2,(H,9,10);1H/t6-;/m1./s1. The van der Waals surface area contributed by atoms with Gasteiger partial charge in [0.1, 0.15) is 5.82 Å². The van der Waals surface area contributed by atoms with Gasteiger partial charge in [0.05, 0.1) is 6.04 Å². The lowest BCUT2D eigenvalue weighted by molar-refractivity contribution is 0.612. The van der Waals surface area contributed by atoms with Crippen molar-refractivity contribution in [3.05, 3.63) is 18.2 Å². The molecule has 0 saturated carbocycles. The third-order valence-electron chi connectivity index (χ3n) is 1.91. The number of hydrogen-bond acceptors (Lipinski definition) is 2. The van der Waals surface area contributed by atoms with Crippen LogP contribution in [0.1, 0.15) is 24.7 Å². The molecule has 0 amide bonds. The molecule has 62 valence electrons. The molecule has 1 aromatic heterocycles. The molecule has 0 bridgehead atoms. The average molecular weight is 174 g/mol. The maximum Gasteiger partial charge on any atom is 0.123 e. The number of halogens is 1. The fraction of sp³-hybridized carbons (Fsp3) is 0.571. The van der Waals surface area contributed by atoms with Crippen molar-refractivity contribution in [1.82, 2.24) is 15.3 Å². The van der Waals surface area contributed by atoms with Crippen LogP contribution in [-0.4, -0.2) is 16.5 Å². The highest BCUT2D eigenvalue weighted by Gasteiger charge is 2.17. The summed E-state index contributed by atoms with van der Waals surface area (Å²) in [5.74, 6) is 1.08. The van der Waals surface area contributed by atoms with Gasteiger partial charge < -0.3 is 10.3 Å². The minimum Gasteiger partial charge on any atom is -0.347 e. The summed E-state index contributed by atoms with van der Waals surface area (Å²) in [6.07, 6.45) is 6.16. The van der Waals surface area contributed by atoms with Gasteiger partial charge in [-0.25, -0.2) is 4.98 Å². The Morgan fingerprint density at radius 2 is 2.45 bits per heavy atom. The van der Waals surface area contributed by atoms with E-state index in [1.165, 1.54) is 12.8 Å². The maximum atomic E-state index is 4.18. The highest BCUT2D eigenvalue weighted by molar-refractivity contribution is 5.85. The molecule has 0 aromatic carbocycles. The second-order valence-corrected chi connectivity index (χ2v) is 2.62. The zero-order chi connectivity index (χ0) is 6.81. The molecule has 1 aromatic rings. The summed E-state index contributed by atoms with van der Waals surface area (Å²) >= 11 is 0. The predicted molar refractivity (Wildman–Crippen MR) is 45.8 cm³/mol. The number of imidazole rings is 1. The van der Waals surface area contributed by atoms with Crippen molar-refractivity contribution in [2.24, 2.45) is 0 Å². The number of hydrogen-bond donors (Lipinski definition) is 2. The second kappa shape index (κ2) is 3.74. The first kappa shape index (κ1) is 8.56. The number of nitrogens with zero attached hydrogens (tertiary/aromatic N) is 1. The Morgan fingerprint density at radius 3 is 3.00 bits per heavy atom. The summed E-state index contributed by atoms with van der Waals surface area (Å²) in [6, 6.07) is 0.481. The maximum absolute atomic E-state index is 4.18. The molecule has 4 heteroatoms. The van der Waals surface area contributed by atoms with Crippen LogP contribution in [0.25, 0.3) is 0 Å². The van der Waals surface area contributed by atoms with E-state index in [1.54, 1.807) is 6.20 Å². The topological polar surface area (TPSA) is 40.7 Å². The van der Waals surface area contributed by atoms with Crippen LogP contribution in [0.2, 0.25) is 0 Å². The molecule has 0 unspecified atom stereocenters. The summed E-state index contributed by atoms with van der Waals surface area (Å²) in [6.45, 7) is 1.13. The van der Waals surface area contributed by atoms with Gasteiger partial charge in [-0.05, 0) is 19.4 Å². The van der Waals surface area contributed by atoms with Gasteiger partial charge >= 0.3 is 0 Å². The van der Waals surface area contributed by atoms with Crippen molar-refractivity contribution >= 4 is 12.4 Å². The molecule has 1 aliphatic heterocycles. The molecule has 0 radical (unpaired) electrons. The normalized spacial score (nSPS) is 23.1. The SMILES string of the molecule is Cl.c1c[nH]c([C@H]2CCCN2)n1. The zero-order valence-electron chi connectivity index (χ0n) is 6.21. The third-order valence-corrected chi connectivity index (χ3v) is 1.91. The molecule has 2 N–H and O–H groups in total. The smallest absolute Gasteiger partial charge is 0.123 e. The summed E-state index contributed by atoms with van der Waals surface area (Å²) in [5.41, 5.74) is 0. The predicted octanol–water partition coefficient (Wildman–Crippen LogP) is 1.26. The van der Waals surface area contributed by atoms with E-state index in [2.05, 4.69) is 15.3 Å². The van der Waals surface area contributed by atoms with Crippen LogP contribution in [-0.2, 0) is 0 Å². The van der Waals surface area contributed by atoms with E-state index in [0.29, 0.717) is 6.04 Å². The zero-order valence-corrected chi connectivity index (χ0v) is 7.03. The molecule has 3 nitrogen and oxygen atoms in total. The van der Waals surface area contributed by atoms with Gasteiger partial charge in [0.2, 0.25) is 0 Å². The number of nitrogens with one attached hydrogen (secondary N) is 2. The minimum atomic E-state index is 0. The summed E-state index contributed by atoms with van der Waals surface area (Å²) in [4.78, 5) is 7.29. The van der Waals surface area contributed by atoms with E-state index >= 15 is 0 Å². The Balaban J connectivity index is 0.000000605. The first-order valence-electron chi connectivity index (χ1n) is 3.69. The van der Waals surface area contributed by atoms with Gasteiger partial charge in [0.15, 0.2) is 0 Å². The van der Waals surface area contributed by atoms with Crippen molar-refractivity contribution in [3.8, 4) is 0 Å². The van der Waals surface area contributed by atoms with Gasteiger partial charge in [0, 0.05) is 12.4 Å². The lowest BCUT2D eigenvalue weighted by Gasteiger charge is -2.04. The van der Waals surface area contributed by atoms with Gasteiger partial charge in [-0.15, -0.1) is 12.4 Å². The monoisotopic (exact) mass is 173 g/mol. The van der Waals surface area contributed by atoms with Crippen LogP contribution < -0.4 is 5.32 Å². The Hall–Kier alpha value is -0.540. The molecular formula is C7H12ClN3. The molecular weight excluding hydrogens is 162 g/mol. The van der Waals surface area contributed by atoms with E-state index in [1.807, 2.05) is 6.20 Å². The van der Waals surface area contributed by atoms with Crippen LogP contribution in [0.4, 0.5) is 0 Å². The van der Waals surface area contributed by atoms with Crippen molar-refractivity contribution < 1.29 is 0 Å². The van der Waals surface area contributed by atoms with E-state index in [4.69, 9.17) is 0 Å². The Morgan fingerprint density at radius 1 is 1.55 bits per heavy atom. The van der Waals surface area contributed by atoms with E-state index in [-0.39, 0.29) is 12.4 Å². The number of rotatable bonds is 1. The lowest BCUT2D eigenvalue weighted by Crippen LogP contribution is -2.13. The van der Waals surface area contributed by atoms with Gasteiger partial charge in [0.25, 0.3) is 0 Å².